The number of amides is 1. The fourth-order valence-electron chi connectivity index (χ4n) is 2.16. The van der Waals surface area contributed by atoms with E-state index in [1.807, 2.05) is 0 Å². The molecule has 0 radical (unpaired) electrons. The van der Waals surface area contributed by atoms with Crippen LogP contribution in [0.25, 0.3) is 0 Å². The molecular weight excluding hydrogens is 283 g/mol. The highest BCUT2D eigenvalue weighted by Crippen LogP contribution is 2.27. The third-order valence-electron chi connectivity index (χ3n) is 3.51. The minimum absolute atomic E-state index is 0.136. The van der Waals surface area contributed by atoms with E-state index in [-0.39, 0.29) is 23.9 Å². The SMILES string of the molecule is Cc1ccc(S(=O)(=O)N2CCNC(=O)C2(C)C)cc1F. The first-order valence-corrected chi connectivity index (χ1v) is 7.68. The minimum Gasteiger partial charge on any atom is -0.353 e. The van der Waals surface area contributed by atoms with Crippen molar-refractivity contribution >= 4 is 15.9 Å². The van der Waals surface area contributed by atoms with Gasteiger partial charge in [-0.05, 0) is 38.5 Å². The minimum atomic E-state index is -3.91. The van der Waals surface area contributed by atoms with Gasteiger partial charge in [0.2, 0.25) is 15.9 Å². The Bertz CT molecular complexity index is 656. The number of hydrogen-bond donors (Lipinski definition) is 1. The molecule has 1 amide bonds. The largest absolute Gasteiger partial charge is 0.353 e. The van der Waals surface area contributed by atoms with E-state index < -0.39 is 21.4 Å². The average Bonchev–Trinajstić information content (AvgIpc) is 2.35. The van der Waals surface area contributed by atoms with Crippen LogP contribution in [0.4, 0.5) is 4.39 Å². The number of piperazine rings is 1. The van der Waals surface area contributed by atoms with E-state index in [1.165, 1.54) is 26.0 Å². The summed E-state index contributed by atoms with van der Waals surface area (Å²) in [6, 6.07) is 3.77. The summed E-state index contributed by atoms with van der Waals surface area (Å²) in [7, 11) is -3.91. The van der Waals surface area contributed by atoms with Crippen LogP contribution in [-0.4, -0.2) is 37.3 Å². The number of sulfonamides is 1. The molecule has 1 fully saturated rings. The molecule has 110 valence electrons. The van der Waals surface area contributed by atoms with Gasteiger partial charge in [-0.1, -0.05) is 6.07 Å². The standard InChI is InChI=1S/C13H17FN2O3S/c1-9-4-5-10(8-11(9)14)20(18,19)16-7-6-15-12(17)13(16,2)3/h4-5,8H,6-7H2,1-3H3,(H,15,17). The molecule has 7 heteroatoms. The highest BCUT2D eigenvalue weighted by molar-refractivity contribution is 7.89. The fraction of sp³-hybridized carbons (Fsp3) is 0.462. The second-order valence-electron chi connectivity index (χ2n) is 5.30. The van der Waals surface area contributed by atoms with Crippen LogP contribution in [0, 0.1) is 12.7 Å². The lowest BCUT2D eigenvalue weighted by Crippen LogP contribution is -2.63. The average molecular weight is 300 g/mol. The maximum absolute atomic E-state index is 13.6. The zero-order chi connectivity index (χ0) is 15.1. The number of hydrogen-bond acceptors (Lipinski definition) is 3. The lowest BCUT2D eigenvalue weighted by molar-refractivity contribution is -0.131. The van der Waals surface area contributed by atoms with Gasteiger partial charge < -0.3 is 5.32 Å². The van der Waals surface area contributed by atoms with Crippen molar-refractivity contribution < 1.29 is 17.6 Å². The number of carbonyl (C=O) groups excluding carboxylic acids is 1. The summed E-state index contributed by atoms with van der Waals surface area (Å²) < 4.78 is 39.9. The molecule has 0 aliphatic carbocycles. The number of halogens is 1. The molecule has 0 saturated carbocycles. The van der Waals surface area contributed by atoms with Crippen LogP contribution < -0.4 is 5.32 Å². The van der Waals surface area contributed by atoms with Crippen molar-refractivity contribution in [2.24, 2.45) is 0 Å². The van der Waals surface area contributed by atoms with Gasteiger partial charge in [-0.15, -0.1) is 0 Å². The predicted octanol–water partition coefficient (Wildman–Crippen LogP) is 1.03. The number of nitrogens with one attached hydrogen (secondary N) is 1. The van der Waals surface area contributed by atoms with E-state index in [1.54, 1.807) is 6.92 Å². The van der Waals surface area contributed by atoms with Crippen LogP contribution in [-0.2, 0) is 14.8 Å². The monoisotopic (exact) mass is 300 g/mol. The molecule has 1 heterocycles. The molecule has 20 heavy (non-hydrogen) atoms. The van der Waals surface area contributed by atoms with Crippen molar-refractivity contribution in [1.82, 2.24) is 9.62 Å². The lowest BCUT2D eigenvalue weighted by atomic mass is 10.0. The highest BCUT2D eigenvalue weighted by Gasteiger charge is 2.44. The van der Waals surface area contributed by atoms with Gasteiger partial charge in [0.1, 0.15) is 11.4 Å². The molecule has 1 N–H and O–H groups in total. The first-order chi connectivity index (χ1) is 9.17. The van der Waals surface area contributed by atoms with Crippen LogP contribution >= 0.6 is 0 Å². The quantitative estimate of drug-likeness (QED) is 0.887. The third-order valence-corrected chi connectivity index (χ3v) is 5.58. The predicted molar refractivity (Wildman–Crippen MR) is 72.1 cm³/mol. The van der Waals surface area contributed by atoms with E-state index in [4.69, 9.17) is 0 Å². The molecular formula is C13H17FN2O3S. The van der Waals surface area contributed by atoms with Crippen molar-refractivity contribution in [3.63, 3.8) is 0 Å². The number of benzene rings is 1. The van der Waals surface area contributed by atoms with E-state index >= 15 is 0 Å². The Kier molecular flexibility index (Phi) is 3.60. The van der Waals surface area contributed by atoms with Crippen molar-refractivity contribution in [1.29, 1.82) is 0 Å². The van der Waals surface area contributed by atoms with E-state index in [2.05, 4.69) is 5.32 Å². The Labute approximate surface area is 117 Å². The van der Waals surface area contributed by atoms with Gasteiger partial charge in [0.05, 0.1) is 4.90 Å². The topological polar surface area (TPSA) is 66.5 Å². The van der Waals surface area contributed by atoms with E-state index in [0.717, 1.165) is 10.4 Å². The zero-order valence-corrected chi connectivity index (χ0v) is 12.4. The molecule has 1 aromatic rings. The van der Waals surface area contributed by atoms with Crippen molar-refractivity contribution in [2.45, 2.75) is 31.2 Å². The third kappa shape index (κ3) is 2.31. The lowest BCUT2D eigenvalue weighted by Gasteiger charge is -2.39. The smallest absolute Gasteiger partial charge is 0.244 e. The summed E-state index contributed by atoms with van der Waals surface area (Å²) in [6.45, 7) is 5.03. The van der Waals surface area contributed by atoms with Gasteiger partial charge in [0, 0.05) is 13.1 Å². The summed E-state index contributed by atoms with van der Waals surface area (Å²) in [6.07, 6.45) is 0. The van der Waals surface area contributed by atoms with Crippen molar-refractivity contribution in [2.75, 3.05) is 13.1 Å². The van der Waals surface area contributed by atoms with Crippen LogP contribution in [0.5, 0.6) is 0 Å². The molecule has 5 nitrogen and oxygen atoms in total. The Morgan fingerprint density at radius 3 is 2.60 bits per heavy atom. The first-order valence-electron chi connectivity index (χ1n) is 6.24. The Hall–Kier alpha value is -1.47. The second kappa shape index (κ2) is 4.82. The number of aryl methyl sites for hydroxylation is 1. The summed E-state index contributed by atoms with van der Waals surface area (Å²) in [5.74, 6) is -0.940. The molecule has 0 bridgehead atoms. The maximum Gasteiger partial charge on any atom is 0.244 e. The molecule has 2 rings (SSSR count). The number of rotatable bonds is 2. The normalized spacial score (nSPS) is 19.7. The van der Waals surface area contributed by atoms with Gasteiger partial charge in [-0.25, -0.2) is 12.8 Å². The molecule has 1 aromatic carbocycles. The fourth-order valence-corrected chi connectivity index (χ4v) is 3.92. The molecule has 1 aliphatic heterocycles. The molecule has 1 aliphatic rings. The van der Waals surface area contributed by atoms with Gasteiger partial charge >= 0.3 is 0 Å². The second-order valence-corrected chi connectivity index (χ2v) is 7.17. The summed E-state index contributed by atoms with van der Waals surface area (Å²) >= 11 is 0. The zero-order valence-electron chi connectivity index (χ0n) is 11.6. The van der Waals surface area contributed by atoms with Crippen LogP contribution in [0.3, 0.4) is 0 Å². The van der Waals surface area contributed by atoms with Crippen molar-refractivity contribution in [3.8, 4) is 0 Å². The Morgan fingerprint density at radius 2 is 2.00 bits per heavy atom. The van der Waals surface area contributed by atoms with E-state index in [9.17, 15) is 17.6 Å². The molecule has 0 spiro atoms. The maximum atomic E-state index is 13.6. The first kappa shape index (κ1) is 14.9. The van der Waals surface area contributed by atoms with Crippen LogP contribution in [0.15, 0.2) is 23.1 Å². The Morgan fingerprint density at radius 1 is 1.35 bits per heavy atom. The molecule has 0 atom stereocenters. The molecule has 1 saturated heterocycles. The van der Waals surface area contributed by atoms with Gasteiger partial charge in [0.15, 0.2) is 0 Å². The summed E-state index contributed by atoms with van der Waals surface area (Å²) in [5, 5.41) is 2.63. The summed E-state index contributed by atoms with van der Waals surface area (Å²) in [4.78, 5) is 11.7. The Balaban J connectivity index is 2.49. The molecule has 0 unspecified atom stereocenters. The van der Waals surface area contributed by atoms with Crippen LogP contribution in [0.2, 0.25) is 0 Å². The van der Waals surface area contributed by atoms with Crippen LogP contribution in [0.1, 0.15) is 19.4 Å². The van der Waals surface area contributed by atoms with Crippen molar-refractivity contribution in [3.05, 3.63) is 29.6 Å². The van der Waals surface area contributed by atoms with Gasteiger partial charge in [-0.3, -0.25) is 4.79 Å². The number of nitrogens with zero attached hydrogens (tertiary/aromatic N) is 1. The van der Waals surface area contributed by atoms with E-state index in [0.29, 0.717) is 5.56 Å². The van der Waals surface area contributed by atoms with Gasteiger partial charge in [0.25, 0.3) is 0 Å². The number of carbonyl (C=O) groups is 1. The summed E-state index contributed by atoms with van der Waals surface area (Å²) in [5.41, 5.74) is -0.821. The molecule has 0 aromatic heterocycles. The highest BCUT2D eigenvalue weighted by atomic mass is 32.2. The van der Waals surface area contributed by atoms with Gasteiger partial charge in [-0.2, -0.15) is 4.31 Å².